The SMILES string of the molecule is COC(=O)c1cccc(NC(=O)[C@]23CCC(=O)N2c2ccccc2S3)c1. The molecule has 1 N–H and O–H groups in total. The van der Waals surface area contributed by atoms with Crippen LogP contribution < -0.4 is 10.2 Å². The molecule has 0 aromatic heterocycles. The van der Waals surface area contributed by atoms with E-state index in [2.05, 4.69) is 5.32 Å². The molecule has 0 bridgehead atoms. The number of esters is 1. The summed E-state index contributed by atoms with van der Waals surface area (Å²) in [6, 6.07) is 14.1. The first-order chi connectivity index (χ1) is 12.5. The Morgan fingerprint density at radius 3 is 2.81 bits per heavy atom. The van der Waals surface area contributed by atoms with E-state index in [4.69, 9.17) is 4.74 Å². The van der Waals surface area contributed by atoms with E-state index in [1.165, 1.54) is 18.9 Å². The maximum absolute atomic E-state index is 13.1. The van der Waals surface area contributed by atoms with Crippen molar-refractivity contribution in [1.82, 2.24) is 0 Å². The number of hydrogen-bond acceptors (Lipinski definition) is 5. The predicted octanol–water partition coefficient (Wildman–Crippen LogP) is 3.04. The third-order valence-electron chi connectivity index (χ3n) is 4.57. The molecule has 0 aliphatic carbocycles. The fraction of sp³-hybridized carbons (Fsp3) is 0.211. The molecule has 1 saturated heterocycles. The summed E-state index contributed by atoms with van der Waals surface area (Å²) in [7, 11) is 1.31. The highest BCUT2D eigenvalue weighted by molar-refractivity contribution is 8.02. The predicted molar refractivity (Wildman–Crippen MR) is 98.2 cm³/mol. The van der Waals surface area contributed by atoms with Gasteiger partial charge in [0.25, 0.3) is 5.91 Å². The van der Waals surface area contributed by atoms with Crippen LogP contribution in [0.2, 0.25) is 0 Å². The van der Waals surface area contributed by atoms with Crippen LogP contribution in [0.5, 0.6) is 0 Å². The Kier molecular flexibility index (Phi) is 3.96. The molecule has 0 spiro atoms. The molecule has 1 fully saturated rings. The third kappa shape index (κ3) is 2.47. The van der Waals surface area contributed by atoms with E-state index in [0.717, 1.165) is 10.6 Å². The van der Waals surface area contributed by atoms with Crippen molar-refractivity contribution in [2.45, 2.75) is 22.6 Å². The van der Waals surface area contributed by atoms with Gasteiger partial charge in [-0.25, -0.2) is 4.79 Å². The van der Waals surface area contributed by atoms with Crippen LogP contribution in [0.25, 0.3) is 0 Å². The molecule has 6 nitrogen and oxygen atoms in total. The van der Waals surface area contributed by atoms with Gasteiger partial charge in [-0.1, -0.05) is 30.0 Å². The highest BCUT2D eigenvalue weighted by Gasteiger charge is 2.57. The van der Waals surface area contributed by atoms with Crippen LogP contribution in [-0.2, 0) is 14.3 Å². The summed E-state index contributed by atoms with van der Waals surface area (Å²) in [6.07, 6.45) is 0.769. The lowest BCUT2D eigenvalue weighted by molar-refractivity contribution is -0.121. The Labute approximate surface area is 154 Å². The van der Waals surface area contributed by atoms with E-state index in [9.17, 15) is 14.4 Å². The van der Waals surface area contributed by atoms with Crippen molar-refractivity contribution in [3.63, 3.8) is 0 Å². The van der Waals surface area contributed by atoms with Gasteiger partial charge in [0.2, 0.25) is 5.91 Å². The Balaban J connectivity index is 1.65. The van der Waals surface area contributed by atoms with Crippen molar-refractivity contribution in [3.05, 3.63) is 54.1 Å². The van der Waals surface area contributed by atoms with Crippen LogP contribution >= 0.6 is 11.8 Å². The Hall–Kier alpha value is -2.80. The van der Waals surface area contributed by atoms with E-state index < -0.39 is 10.8 Å². The second-order valence-electron chi connectivity index (χ2n) is 6.11. The lowest BCUT2D eigenvalue weighted by Crippen LogP contribution is -2.49. The fourth-order valence-corrected chi connectivity index (χ4v) is 4.78. The van der Waals surface area contributed by atoms with Gasteiger partial charge in [0.15, 0.2) is 4.87 Å². The zero-order valence-electron chi connectivity index (χ0n) is 14.0. The van der Waals surface area contributed by atoms with Crippen molar-refractivity contribution in [2.75, 3.05) is 17.3 Å². The number of rotatable bonds is 3. The number of hydrogen-bond donors (Lipinski definition) is 1. The minimum atomic E-state index is -0.984. The first-order valence-electron chi connectivity index (χ1n) is 8.16. The summed E-state index contributed by atoms with van der Waals surface area (Å²) in [5, 5.41) is 2.86. The highest BCUT2D eigenvalue weighted by atomic mass is 32.2. The molecule has 26 heavy (non-hydrogen) atoms. The molecule has 2 aromatic carbocycles. The molecule has 2 heterocycles. The van der Waals surface area contributed by atoms with Crippen LogP contribution in [0.1, 0.15) is 23.2 Å². The molecular formula is C19H16N2O4S. The average Bonchev–Trinajstić information content (AvgIpc) is 3.17. The third-order valence-corrected chi connectivity index (χ3v) is 6.04. The van der Waals surface area contributed by atoms with Gasteiger partial charge in [-0.05, 0) is 36.8 Å². The van der Waals surface area contributed by atoms with Gasteiger partial charge in [0.1, 0.15) is 0 Å². The number of thioether (sulfide) groups is 1. The van der Waals surface area contributed by atoms with Crippen LogP contribution in [0.15, 0.2) is 53.4 Å². The maximum Gasteiger partial charge on any atom is 0.337 e. The smallest absolute Gasteiger partial charge is 0.337 e. The summed E-state index contributed by atoms with van der Waals surface area (Å²) >= 11 is 1.40. The topological polar surface area (TPSA) is 75.7 Å². The summed E-state index contributed by atoms with van der Waals surface area (Å²) in [5.74, 6) is -0.799. The molecule has 2 aliphatic heterocycles. The van der Waals surface area contributed by atoms with Gasteiger partial charge in [0, 0.05) is 17.0 Å². The molecule has 1 atom stereocenters. The number of carbonyl (C=O) groups is 3. The van der Waals surface area contributed by atoms with Gasteiger partial charge in [-0.3, -0.25) is 14.5 Å². The Morgan fingerprint density at radius 2 is 2.00 bits per heavy atom. The summed E-state index contributed by atoms with van der Waals surface area (Å²) < 4.78 is 4.71. The largest absolute Gasteiger partial charge is 0.465 e. The zero-order chi connectivity index (χ0) is 18.3. The lowest BCUT2D eigenvalue weighted by Gasteiger charge is -2.29. The molecule has 7 heteroatoms. The second-order valence-corrected chi connectivity index (χ2v) is 7.43. The quantitative estimate of drug-likeness (QED) is 0.843. The van der Waals surface area contributed by atoms with E-state index in [1.54, 1.807) is 29.2 Å². The first-order valence-corrected chi connectivity index (χ1v) is 8.98. The number of carbonyl (C=O) groups excluding carboxylic acids is 3. The number of fused-ring (bicyclic) bond motifs is 3. The number of anilines is 2. The van der Waals surface area contributed by atoms with Gasteiger partial charge >= 0.3 is 5.97 Å². The molecular weight excluding hydrogens is 352 g/mol. The number of nitrogens with zero attached hydrogens (tertiary/aromatic N) is 1. The van der Waals surface area contributed by atoms with Crippen molar-refractivity contribution in [1.29, 1.82) is 0 Å². The van der Waals surface area contributed by atoms with Gasteiger partial charge in [-0.2, -0.15) is 0 Å². The van der Waals surface area contributed by atoms with E-state index in [0.29, 0.717) is 24.1 Å². The molecule has 132 valence electrons. The maximum atomic E-state index is 13.1. The number of methoxy groups -OCH3 is 1. The first kappa shape index (κ1) is 16.7. The second kappa shape index (κ2) is 6.17. The molecule has 4 rings (SSSR count). The average molecular weight is 368 g/mol. The number of ether oxygens (including phenoxy) is 1. The van der Waals surface area contributed by atoms with E-state index in [1.807, 2.05) is 24.3 Å². The van der Waals surface area contributed by atoms with Crippen LogP contribution in [0.3, 0.4) is 0 Å². The molecule has 0 unspecified atom stereocenters. The minimum absolute atomic E-state index is 0.0547. The van der Waals surface area contributed by atoms with Crippen LogP contribution in [-0.4, -0.2) is 29.8 Å². The summed E-state index contributed by atoms with van der Waals surface area (Å²) in [5.41, 5.74) is 1.62. The molecule has 2 aliphatic rings. The minimum Gasteiger partial charge on any atom is -0.465 e. The van der Waals surface area contributed by atoms with Crippen molar-refractivity contribution < 1.29 is 19.1 Å². The zero-order valence-corrected chi connectivity index (χ0v) is 14.8. The van der Waals surface area contributed by atoms with Crippen molar-refractivity contribution in [2.24, 2.45) is 0 Å². The highest BCUT2D eigenvalue weighted by Crippen LogP contribution is 2.55. The van der Waals surface area contributed by atoms with Gasteiger partial charge in [0.05, 0.1) is 18.4 Å². The number of amides is 2. The van der Waals surface area contributed by atoms with Crippen LogP contribution in [0, 0.1) is 0 Å². The normalized spacial score (nSPS) is 20.5. The Bertz CT molecular complexity index is 929. The molecule has 2 amide bonds. The number of benzene rings is 2. The Morgan fingerprint density at radius 1 is 1.19 bits per heavy atom. The number of nitrogens with one attached hydrogen (secondary N) is 1. The number of para-hydroxylation sites is 1. The molecule has 0 radical (unpaired) electrons. The fourth-order valence-electron chi connectivity index (χ4n) is 3.37. The van der Waals surface area contributed by atoms with E-state index in [-0.39, 0.29) is 11.8 Å². The van der Waals surface area contributed by atoms with E-state index >= 15 is 0 Å². The van der Waals surface area contributed by atoms with Crippen molar-refractivity contribution in [3.8, 4) is 0 Å². The van der Waals surface area contributed by atoms with Gasteiger partial charge < -0.3 is 10.1 Å². The molecule has 0 saturated carbocycles. The molecule has 2 aromatic rings. The monoisotopic (exact) mass is 368 g/mol. The van der Waals surface area contributed by atoms with Gasteiger partial charge in [-0.15, -0.1) is 0 Å². The standard InChI is InChI=1S/C19H16N2O4S/c1-25-17(23)12-5-4-6-13(11-12)20-18(24)19-10-9-16(22)21(19)14-7-2-3-8-15(14)26-19/h2-8,11H,9-10H2,1H3,(H,20,24)/t19-/m1/s1. The van der Waals surface area contributed by atoms with Crippen molar-refractivity contribution >= 4 is 40.9 Å². The summed E-state index contributed by atoms with van der Waals surface area (Å²) in [6.45, 7) is 0. The summed E-state index contributed by atoms with van der Waals surface area (Å²) in [4.78, 5) is 38.8. The lowest BCUT2D eigenvalue weighted by atomic mass is 10.1. The van der Waals surface area contributed by atoms with Crippen LogP contribution in [0.4, 0.5) is 11.4 Å².